The van der Waals surface area contributed by atoms with E-state index in [4.69, 9.17) is 4.42 Å². The van der Waals surface area contributed by atoms with E-state index >= 15 is 0 Å². The largest absolute Gasteiger partial charge is 1.00 e. The predicted molar refractivity (Wildman–Crippen MR) is 80.0 cm³/mol. The number of nitrogens with zero attached hydrogens (tertiary/aromatic N) is 2. The Morgan fingerprint density at radius 1 is 1.19 bits per heavy atom. The number of quaternary nitrogens is 1. The SMILES string of the molecule is CCc1nc([NH2+]CC(C)C)c2oc3ccccc3c2n1.[Cl-]. The second kappa shape index (κ2) is 6.41. The number of furan rings is 1. The molecule has 0 amide bonds. The van der Waals surface area contributed by atoms with Gasteiger partial charge in [-0.25, -0.2) is 4.98 Å². The van der Waals surface area contributed by atoms with Crippen molar-refractivity contribution in [1.82, 2.24) is 9.97 Å². The first-order valence-corrected chi connectivity index (χ1v) is 7.20. The van der Waals surface area contributed by atoms with Crippen LogP contribution in [0.1, 0.15) is 26.6 Å². The van der Waals surface area contributed by atoms with E-state index in [1.165, 1.54) is 0 Å². The summed E-state index contributed by atoms with van der Waals surface area (Å²) in [7, 11) is 0. The average molecular weight is 306 g/mol. The molecule has 0 saturated heterocycles. The van der Waals surface area contributed by atoms with Crippen LogP contribution in [0.5, 0.6) is 0 Å². The molecule has 0 saturated carbocycles. The Labute approximate surface area is 130 Å². The van der Waals surface area contributed by atoms with Crippen LogP contribution in [-0.2, 0) is 6.42 Å². The third kappa shape index (κ3) is 3.01. The van der Waals surface area contributed by atoms with Gasteiger partial charge in [-0.3, -0.25) is 5.32 Å². The third-order valence-electron chi connectivity index (χ3n) is 3.39. The molecule has 0 spiro atoms. The highest BCUT2D eigenvalue weighted by molar-refractivity contribution is 6.04. The fourth-order valence-electron chi connectivity index (χ4n) is 2.30. The van der Waals surface area contributed by atoms with Crippen LogP contribution in [0.15, 0.2) is 28.7 Å². The van der Waals surface area contributed by atoms with Crippen LogP contribution in [0.4, 0.5) is 5.82 Å². The van der Waals surface area contributed by atoms with Crippen LogP contribution in [0.2, 0.25) is 0 Å². The van der Waals surface area contributed by atoms with Gasteiger partial charge in [0.1, 0.15) is 16.9 Å². The lowest BCUT2D eigenvalue weighted by molar-refractivity contribution is -0.579. The van der Waals surface area contributed by atoms with Crippen LogP contribution in [0, 0.1) is 5.92 Å². The molecule has 4 nitrogen and oxygen atoms in total. The Morgan fingerprint density at radius 3 is 2.67 bits per heavy atom. The molecule has 0 aliphatic heterocycles. The normalized spacial score (nSPS) is 11.2. The summed E-state index contributed by atoms with van der Waals surface area (Å²) in [5, 5.41) is 3.23. The van der Waals surface area contributed by atoms with Gasteiger partial charge < -0.3 is 16.8 Å². The minimum absolute atomic E-state index is 0. The number of hydrogen-bond donors (Lipinski definition) is 1. The molecule has 0 radical (unpaired) electrons. The average Bonchev–Trinajstić information content (AvgIpc) is 2.83. The Balaban J connectivity index is 0.00000161. The van der Waals surface area contributed by atoms with Gasteiger partial charge in [0, 0.05) is 17.7 Å². The lowest BCUT2D eigenvalue weighted by atomic mass is 10.2. The number of hydrogen-bond acceptors (Lipinski definition) is 3. The number of para-hydroxylation sites is 1. The first-order chi connectivity index (χ1) is 9.69. The highest BCUT2D eigenvalue weighted by atomic mass is 35.5. The van der Waals surface area contributed by atoms with Gasteiger partial charge in [0.05, 0.1) is 6.54 Å². The lowest BCUT2D eigenvalue weighted by Gasteiger charge is -2.04. The van der Waals surface area contributed by atoms with E-state index in [9.17, 15) is 0 Å². The van der Waals surface area contributed by atoms with Gasteiger partial charge in [0.25, 0.3) is 5.82 Å². The fourth-order valence-corrected chi connectivity index (χ4v) is 2.30. The quantitative estimate of drug-likeness (QED) is 0.726. The number of benzene rings is 1. The van der Waals surface area contributed by atoms with Crippen LogP contribution < -0.4 is 17.7 Å². The standard InChI is InChI=1S/C16H19N3O.ClH/c1-4-13-18-14-11-7-5-6-8-12(11)20-15(14)16(19-13)17-9-10(2)3;/h5-8,10H,4,9H2,1-3H3,(H,17,18,19);1H. The van der Waals surface area contributed by atoms with E-state index < -0.39 is 0 Å². The van der Waals surface area contributed by atoms with Crippen molar-refractivity contribution in [2.75, 3.05) is 6.54 Å². The highest BCUT2D eigenvalue weighted by Crippen LogP contribution is 2.29. The molecular formula is C16H20ClN3O. The Bertz CT molecular complexity index is 752. The monoisotopic (exact) mass is 305 g/mol. The maximum atomic E-state index is 5.96. The lowest BCUT2D eigenvalue weighted by Crippen LogP contribution is -3.00. The van der Waals surface area contributed by atoms with Gasteiger partial charge in [-0.15, -0.1) is 0 Å². The van der Waals surface area contributed by atoms with Crippen LogP contribution in [0.3, 0.4) is 0 Å². The van der Waals surface area contributed by atoms with Crippen LogP contribution in [0.25, 0.3) is 22.1 Å². The number of rotatable bonds is 4. The first kappa shape index (κ1) is 15.7. The van der Waals surface area contributed by atoms with E-state index in [0.717, 1.165) is 46.7 Å². The molecule has 2 N–H and O–H groups in total. The van der Waals surface area contributed by atoms with E-state index in [1.807, 2.05) is 18.2 Å². The molecule has 2 aromatic heterocycles. The molecule has 0 unspecified atom stereocenters. The van der Waals surface area contributed by atoms with Gasteiger partial charge in [-0.1, -0.05) is 32.9 Å². The van der Waals surface area contributed by atoms with E-state index in [-0.39, 0.29) is 12.4 Å². The van der Waals surface area contributed by atoms with Crippen molar-refractivity contribution in [2.45, 2.75) is 27.2 Å². The Hall–Kier alpha value is -1.65. The summed E-state index contributed by atoms with van der Waals surface area (Å²) in [5.74, 6) is 2.41. The van der Waals surface area contributed by atoms with E-state index in [2.05, 4.69) is 42.1 Å². The van der Waals surface area contributed by atoms with Gasteiger partial charge in [0.15, 0.2) is 0 Å². The third-order valence-corrected chi connectivity index (χ3v) is 3.39. The minimum Gasteiger partial charge on any atom is -1.00 e. The zero-order valence-corrected chi connectivity index (χ0v) is 13.3. The fraction of sp³-hybridized carbons (Fsp3) is 0.375. The van der Waals surface area contributed by atoms with Gasteiger partial charge in [0.2, 0.25) is 5.58 Å². The van der Waals surface area contributed by atoms with Gasteiger partial charge >= 0.3 is 0 Å². The second-order valence-corrected chi connectivity index (χ2v) is 5.49. The maximum absolute atomic E-state index is 5.96. The van der Waals surface area contributed by atoms with E-state index in [1.54, 1.807) is 0 Å². The molecule has 1 aromatic carbocycles. The van der Waals surface area contributed by atoms with Crippen molar-refractivity contribution < 1.29 is 22.1 Å². The van der Waals surface area contributed by atoms with Crippen molar-refractivity contribution in [1.29, 1.82) is 0 Å². The molecule has 0 aliphatic carbocycles. The number of fused-ring (bicyclic) bond motifs is 3. The summed E-state index contributed by atoms with van der Waals surface area (Å²) in [4.78, 5) is 9.27. The molecule has 21 heavy (non-hydrogen) atoms. The topological polar surface area (TPSA) is 55.5 Å². The summed E-state index contributed by atoms with van der Waals surface area (Å²) in [6.07, 6.45) is 0.831. The number of aromatic nitrogens is 2. The molecule has 3 aromatic rings. The zero-order valence-electron chi connectivity index (χ0n) is 12.6. The van der Waals surface area contributed by atoms with E-state index in [0.29, 0.717) is 5.92 Å². The number of nitrogens with two attached hydrogens (primary N) is 1. The first-order valence-electron chi connectivity index (χ1n) is 7.20. The smallest absolute Gasteiger partial charge is 0.272 e. The molecule has 5 heteroatoms. The van der Waals surface area contributed by atoms with Gasteiger partial charge in [-0.2, -0.15) is 4.98 Å². The van der Waals surface area contributed by atoms with Crippen LogP contribution in [-0.4, -0.2) is 16.5 Å². The number of halogens is 1. The van der Waals surface area contributed by atoms with Crippen LogP contribution >= 0.6 is 0 Å². The molecule has 112 valence electrons. The van der Waals surface area contributed by atoms with Crippen molar-refractivity contribution in [3.63, 3.8) is 0 Å². The molecule has 0 aliphatic rings. The molecule has 0 bridgehead atoms. The van der Waals surface area contributed by atoms with Crippen molar-refractivity contribution in [2.24, 2.45) is 5.92 Å². The molecular weight excluding hydrogens is 286 g/mol. The Morgan fingerprint density at radius 2 is 1.95 bits per heavy atom. The predicted octanol–water partition coefficient (Wildman–Crippen LogP) is -0.207. The van der Waals surface area contributed by atoms with Gasteiger partial charge in [-0.05, 0) is 12.1 Å². The molecule has 3 rings (SSSR count). The summed E-state index contributed by atoms with van der Waals surface area (Å²) in [6, 6.07) is 8.04. The zero-order chi connectivity index (χ0) is 14.1. The number of aryl methyl sites for hydroxylation is 1. The molecule has 2 heterocycles. The van der Waals surface area contributed by atoms with Crippen molar-refractivity contribution in [3.05, 3.63) is 30.1 Å². The maximum Gasteiger partial charge on any atom is 0.272 e. The summed E-state index contributed by atoms with van der Waals surface area (Å²) in [5.41, 5.74) is 2.62. The highest BCUT2D eigenvalue weighted by Gasteiger charge is 2.17. The summed E-state index contributed by atoms with van der Waals surface area (Å²) >= 11 is 0. The Kier molecular flexibility index (Phi) is 4.80. The van der Waals surface area contributed by atoms with Crippen molar-refractivity contribution >= 4 is 27.9 Å². The van der Waals surface area contributed by atoms with Crippen molar-refractivity contribution in [3.8, 4) is 0 Å². The second-order valence-electron chi connectivity index (χ2n) is 5.49. The molecule has 0 atom stereocenters. The summed E-state index contributed by atoms with van der Waals surface area (Å²) < 4.78 is 5.96. The minimum atomic E-state index is 0. The summed E-state index contributed by atoms with van der Waals surface area (Å²) in [6.45, 7) is 7.48. The molecule has 0 fully saturated rings.